The van der Waals surface area contributed by atoms with Gasteiger partial charge in [0.15, 0.2) is 5.03 Å². The molecule has 1 saturated heterocycles. The Morgan fingerprint density at radius 2 is 2.14 bits per heavy atom. The Bertz CT molecular complexity index is 816. The van der Waals surface area contributed by atoms with Gasteiger partial charge in [0.2, 0.25) is 0 Å². The van der Waals surface area contributed by atoms with Gasteiger partial charge in [0.25, 0.3) is 15.6 Å². The zero-order valence-electron chi connectivity index (χ0n) is 11.9. The van der Waals surface area contributed by atoms with Crippen molar-refractivity contribution in [1.82, 2.24) is 23.6 Å². The quantitative estimate of drug-likeness (QED) is 0.861. The summed E-state index contributed by atoms with van der Waals surface area (Å²) >= 11 is 0. The van der Waals surface area contributed by atoms with Crippen LogP contribution in [0.3, 0.4) is 0 Å². The Morgan fingerprint density at radius 3 is 2.71 bits per heavy atom. The minimum absolute atomic E-state index is 0.0372. The fraction of sp³-hybridized carbons (Fsp3) is 0.500. The lowest BCUT2D eigenvalue weighted by Gasteiger charge is -2.21. The lowest BCUT2D eigenvalue weighted by Crippen LogP contribution is -2.31. The standard InChI is InChI=1S/C12H17N5O3S/c1-15-7-11(13-8-15)21(19,20)17-5-3-4-10(17)9-6-12(18)16(2)14-9/h6-8,10,14H,3-5H2,1-2H3. The van der Waals surface area contributed by atoms with Crippen LogP contribution in [0.4, 0.5) is 0 Å². The van der Waals surface area contributed by atoms with Crippen molar-refractivity contribution < 1.29 is 8.42 Å². The first kappa shape index (κ1) is 14.1. The van der Waals surface area contributed by atoms with Gasteiger partial charge in [-0.25, -0.2) is 13.4 Å². The highest BCUT2D eigenvalue weighted by Gasteiger charge is 2.38. The lowest BCUT2D eigenvalue weighted by atomic mass is 10.2. The molecule has 1 aliphatic heterocycles. The summed E-state index contributed by atoms with van der Waals surface area (Å²) in [5.74, 6) is 0. The zero-order chi connectivity index (χ0) is 15.2. The third-order valence-corrected chi connectivity index (χ3v) is 5.52. The third-order valence-electron chi connectivity index (χ3n) is 3.72. The van der Waals surface area contributed by atoms with Crippen LogP contribution in [-0.4, -0.2) is 38.6 Å². The van der Waals surface area contributed by atoms with Crippen molar-refractivity contribution in [3.8, 4) is 0 Å². The van der Waals surface area contributed by atoms with Gasteiger partial charge in [-0.05, 0) is 12.8 Å². The first-order valence-electron chi connectivity index (χ1n) is 6.65. The van der Waals surface area contributed by atoms with Gasteiger partial charge in [0, 0.05) is 32.9 Å². The molecule has 2 aromatic rings. The van der Waals surface area contributed by atoms with Crippen molar-refractivity contribution in [2.24, 2.45) is 14.1 Å². The number of nitrogens with zero attached hydrogens (tertiary/aromatic N) is 4. The summed E-state index contributed by atoms with van der Waals surface area (Å²) in [7, 11) is -0.315. The molecule has 0 radical (unpaired) electrons. The minimum Gasteiger partial charge on any atom is -0.339 e. The Morgan fingerprint density at radius 1 is 1.38 bits per heavy atom. The van der Waals surface area contributed by atoms with E-state index >= 15 is 0 Å². The number of rotatable bonds is 3. The summed E-state index contributed by atoms with van der Waals surface area (Å²) in [5.41, 5.74) is 0.451. The van der Waals surface area contributed by atoms with Crippen LogP contribution in [0.15, 0.2) is 28.4 Å². The van der Waals surface area contributed by atoms with Crippen molar-refractivity contribution in [3.63, 3.8) is 0 Å². The molecule has 1 atom stereocenters. The van der Waals surface area contributed by atoms with Crippen molar-refractivity contribution in [2.75, 3.05) is 6.54 Å². The molecule has 1 aliphatic rings. The van der Waals surface area contributed by atoms with Crippen molar-refractivity contribution in [2.45, 2.75) is 23.9 Å². The van der Waals surface area contributed by atoms with Gasteiger partial charge in [0.05, 0.1) is 18.1 Å². The lowest BCUT2D eigenvalue weighted by molar-refractivity contribution is 0.386. The predicted octanol–water partition coefficient (Wildman–Crippen LogP) is -0.0273. The molecule has 8 nitrogen and oxygen atoms in total. The number of H-pyrrole nitrogens is 1. The number of sulfonamides is 1. The predicted molar refractivity (Wildman–Crippen MR) is 75.1 cm³/mol. The molecule has 9 heteroatoms. The summed E-state index contributed by atoms with van der Waals surface area (Å²) in [4.78, 5) is 15.5. The zero-order valence-corrected chi connectivity index (χ0v) is 12.7. The molecule has 1 fully saturated rings. The molecule has 3 rings (SSSR count). The molecule has 0 aliphatic carbocycles. The van der Waals surface area contributed by atoms with E-state index in [0.717, 1.165) is 6.42 Å². The maximum atomic E-state index is 12.7. The SMILES string of the molecule is Cn1cnc(S(=O)(=O)N2CCCC2c2cc(=O)n(C)[nH]2)c1. The average Bonchev–Trinajstić information content (AvgIpc) is 3.10. The maximum Gasteiger partial charge on any atom is 0.266 e. The molecular weight excluding hydrogens is 294 g/mol. The molecule has 0 spiro atoms. The Hall–Kier alpha value is -1.87. The highest BCUT2D eigenvalue weighted by molar-refractivity contribution is 7.89. The smallest absolute Gasteiger partial charge is 0.266 e. The van der Waals surface area contributed by atoms with Crippen LogP contribution >= 0.6 is 0 Å². The summed E-state index contributed by atoms with van der Waals surface area (Å²) < 4.78 is 29.7. The summed E-state index contributed by atoms with van der Waals surface area (Å²) in [6, 6.07) is 1.11. The molecule has 0 aromatic carbocycles. The van der Waals surface area contributed by atoms with Crippen LogP contribution in [0, 0.1) is 0 Å². The Kier molecular flexibility index (Phi) is 3.25. The molecule has 1 unspecified atom stereocenters. The van der Waals surface area contributed by atoms with Crippen LogP contribution in [-0.2, 0) is 24.1 Å². The van der Waals surface area contributed by atoms with Gasteiger partial charge in [-0.3, -0.25) is 14.6 Å². The number of imidazole rings is 1. The van der Waals surface area contributed by atoms with Crippen molar-refractivity contribution in [1.29, 1.82) is 0 Å². The van der Waals surface area contributed by atoms with Gasteiger partial charge in [-0.15, -0.1) is 0 Å². The summed E-state index contributed by atoms with van der Waals surface area (Å²) in [6.07, 6.45) is 4.39. The van der Waals surface area contributed by atoms with Crippen LogP contribution < -0.4 is 5.56 Å². The van der Waals surface area contributed by atoms with E-state index in [1.165, 1.54) is 27.6 Å². The monoisotopic (exact) mass is 311 g/mol. The molecule has 1 N–H and O–H groups in total. The van der Waals surface area contributed by atoms with E-state index in [1.54, 1.807) is 18.7 Å². The molecule has 114 valence electrons. The molecular formula is C12H17N5O3S. The van der Waals surface area contributed by atoms with Gasteiger partial charge >= 0.3 is 0 Å². The number of aryl methyl sites for hydroxylation is 2. The van der Waals surface area contributed by atoms with Crippen LogP contribution in [0.2, 0.25) is 0 Å². The largest absolute Gasteiger partial charge is 0.339 e. The Labute approximate surface area is 122 Å². The number of aromatic amines is 1. The van der Waals surface area contributed by atoms with Crippen molar-refractivity contribution >= 4 is 10.0 Å². The fourth-order valence-corrected chi connectivity index (χ4v) is 4.31. The molecule has 0 amide bonds. The molecule has 3 heterocycles. The molecule has 0 saturated carbocycles. The molecule has 2 aromatic heterocycles. The van der Waals surface area contributed by atoms with Gasteiger partial charge < -0.3 is 4.57 Å². The van der Waals surface area contributed by atoms with E-state index in [2.05, 4.69) is 10.1 Å². The second kappa shape index (κ2) is 4.85. The topological polar surface area (TPSA) is 93.0 Å². The minimum atomic E-state index is -3.65. The van der Waals surface area contributed by atoms with Gasteiger partial charge in [0.1, 0.15) is 0 Å². The first-order valence-corrected chi connectivity index (χ1v) is 8.09. The number of aromatic nitrogens is 4. The van der Waals surface area contributed by atoms with E-state index in [0.29, 0.717) is 18.7 Å². The van der Waals surface area contributed by atoms with Crippen LogP contribution in [0.5, 0.6) is 0 Å². The third kappa shape index (κ3) is 2.32. The normalized spacial score (nSPS) is 20.2. The second-order valence-corrected chi connectivity index (χ2v) is 7.10. The summed E-state index contributed by atoms with van der Waals surface area (Å²) in [6.45, 7) is 0.431. The van der Waals surface area contributed by atoms with E-state index < -0.39 is 10.0 Å². The number of nitrogens with one attached hydrogen (secondary N) is 1. The van der Waals surface area contributed by atoms with E-state index in [4.69, 9.17) is 0 Å². The van der Waals surface area contributed by atoms with E-state index in [1.807, 2.05) is 0 Å². The second-order valence-electron chi connectivity index (χ2n) is 5.26. The Balaban J connectivity index is 1.99. The van der Waals surface area contributed by atoms with Crippen LogP contribution in [0.25, 0.3) is 0 Å². The maximum absolute atomic E-state index is 12.7. The van der Waals surface area contributed by atoms with Crippen LogP contribution in [0.1, 0.15) is 24.6 Å². The number of hydrogen-bond acceptors (Lipinski definition) is 4. The van der Waals surface area contributed by atoms with Gasteiger partial charge in [-0.2, -0.15) is 4.31 Å². The highest BCUT2D eigenvalue weighted by atomic mass is 32.2. The fourth-order valence-electron chi connectivity index (χ4n) is 2.66. The summed E-state index contributed by atoms with van der Waals surface area (Å²) in [5, 5.41) is 2.95. The molecule has 21 heavy (non-hydrogen) atoms. The molecule has 0 bridgehead atoms. The van der Waals surface area contributed by atoms with E-state index in [9.17, 15) is 13.2 Å². The highest BCUT2D eigenvalue weighted by Crippen LogP contribution is 2.34. The number of hydrogen-bond donors (Lipinski definition) is 1. The van der Waals surface area contributed by atoms with Gasteiger partial charge in [-0.1, -0.05) is 0 Å². The van der Waals surface area contributed by atoms with E-state index in [-0.39, 0.29) is 16.6 Å². The average molecular weight is 311 g/mol. The first-order chi connectivity index (χ1) is 9.89. The van der Waals surface area contributed by atoms with Crippen molar-refractivity contribution in [3.05, 3.63) is 34.6 Å².